The Labute approximate surface area is 97.2 Å². The second kappa shape index (κ2) is 7.66. The second-order valence-electron chi connectivity index (χ2n) is 2.73. The summed E-state index contributed by atoms with van der Waals surface area (Å²) in [6.07, 6.45) is 8.80. The number of rotatable bonds is 5. The highest BCUT2D eigenvalue weighted by Crippen LogP contribution is 2.21. The maximum absolute atomic E-state index is 5.24. The highest BCUT2D eigenvalue weighted by Gasteiger charge is 2.11. The van der Waals surface area contributed by atoms with Crippen molar-refractivity contribution in [2.75, 3.05) is 4.43 Å². The van der Waals surface area contributed by atoms with Gasteiger partial charge in [-0.1, -0.05) is 52.1 Å². The molecular weight excluding hydrogens is 362 g/mol. The third kappa shape index (κ3) is 6.21. The molecule has 0 fully saturated rings. The number of halogens is 2. The number of terminal acetylenes is 1. The van der Waals surface area contributed by atoms with Crippen LogP contribution in [0.4, 0.5) is 0 Å². The Morgan fingerprint density at radius 1 is 1.55 bits per heavy atom. The van der Waals surface area contributed by atoms with Crippen LogP contribution in [0.15, 0.2) is 0 Å². The fraction of sp³-hybridized carbons (Fsp3) is 0.778. The first-order chi connectivity index (χ1) is 5.22. The van der Waals surface area contributed by atoms with Crippen LogP contribution >= 0.6 is 45.2 Å². The molecule has 0 aliphatic carbocycles. The maximum atomic E-state index is 5.24. The van der Waals surface area contributed by atoms with E-state index in [1.165, 1.54) is 17.3 Å². The minimum Gasteiger partial charge on any atom is -0.120 e. The van der Waals surface area contributed by atoms with Crippen LogP contribution in [0.1, 0.15) is 26.2 Å². The third-order valence-corrected chi connectivity index (χ3v) is 4.28. The van der Waals surface area contributed by atoms with Gasteiger partial charge in [0.2, 0.25) is 0 Å². The van der Waals surface area contributed by atoms with Gasteiger partial charge in [0.1, 0.15) is 0 Å². The summed E-state index contributed by atoms with van der Waals surface area (Å²) in [5, 5.41) is 0. The molecule has 0 saturated carbocycles. The summed E-state index contributed by atoms with van der Waals surface area (Å²) in [7, 11) is 0. The molecule has 0 aliphatic heterocycles. The molecule has 11 heavy (non-hydrogen) atoms. The van der Waals surface area contributed by atoms with Gasteiger partial charge in [0.05, 0.1) is 0 Å². The van der Waals surface area contributed by atoms with Gasteiger partial charge in [0.25, 0.3) is 0 Å². The Balaban J connectivity index is 3.48. The van der Waals surface area contributed by atoms with Gasteiger partial charge in [-0.05, 0) is 23.2 Å². The zero-order chi connectivity index (χ0) is 8.69. The molecule has 2 heteroatoms. The lowest BCUT2D eigenvalue weighted by Crippen LogP contribution is -2.09. The van der Waals surface area contributed by atoms with Crippen molar-refractivity contribution < 1.29 is 0 Å². The van der Waals surface area contributed by atoms with Crippen LogP contribution < -0.4 is 0 Å². The molecule has 0 bridgehead atoms. The topological polar surface area (TPSA) is 0 Å². The molecule has 0 nitrogen and oxygen atoms in total. The summed E-state index contributed by atoms with van der Waals surface area (Å²) < 4.78 is 2.03. The van der Waals surface area contributed by atoms with E-state index in [1.807, 2.05) is 0 Å². The molecule has 0 amide bonds. The van der Waals surface area contributed by atoms with E-state index in [2.05, 4.69) is 58.0 Å². The van der Waals surface area contributed by atoms with Gasteiger partial charge in [0, 0.05) is 10.3 Å². The van der Waals surface area contributed by atoms with Gasteiger partial charge in [-0.25, -0.2) is 0 Å². The second-order valence-corrected chi connectivity index (χ2v) is 5.41. The summed E-state index contributed by atoms with van der Waals surface area (Å²) in [5.41, 5.74) is 0. The van der Waals surface area contributed by atoms with Crippen molar-refractivity contribution in [1.82, 2.24) is 0 Å². The zero-order valence-corrected chi connectivity index (χ0v) is 11.1. The van der Waals surface area contributed by atoms with E-state index in [0.29, 0.717) is 5.92 Å². The number of hydrogen-bond donors (Lipinski definition) is 0. The highest BCUT2D eigenvalue weighted by atomic mass is 127. The average Bonchev–Trinajstić information content (AvgIpc) is 2.00. The SMILES string of the molecule is C#CC[C@@H](C)[C@@H](I)CCCI. The Morgan fingerprint density at radius 3 is 2.64 bits per heavy atom. The molecule has 0 N–H and O–H groups in total. The van der Waals surface area contributed by atoms with Gasteiger partial charge in [0.15, 0.2) is 0 Å². The molecule has 64 valence electrons. The van der Waals surface area contributed by atoms with E-state index in [1.54, 1.807) is 0 Å². The van der Waals surface area contributed by atoms with Crippen molar-refractivity contribution in [3.8, 4) is 12.3 Å². The van der Waals surface area contributed by atoms with Crippen LogP contribution in [0.3, 0.4) is 0 Å². The van der Waals surface area contributed by atoms with Crippen LogP contribution in [0.2, 0.25) is 0 Å². The Bertz CT molecular complexity index is 126. The molecule has 2 atom stereocenters. The molecule has 0 saturated heterocycles. The molecule has 0 unspecified atom stereocenters. The molecule has 0 aromatic heterocycles. The molecule has 0 radical (unpaired) electrons. The minimum absolute atomic E-state index is 0.684. The van der Waals surface area contributed by atoms with Crippen molar-refractivity contribution in [2.45, 2.75) is 30.1 Å². The van der Waals surface area contributed by atoms with Gasteiger partial charge >= 0.3 is 0 Å². The first-order valence-corrected chi connectivity index (χ1v) is 6.63. The Kier molecular flexibility index (Phi) is 8.37. The van der Waals surface area contributed by atoms with E-state index in [9.17, 15) is 0 Å². The molecule has 0 spiro atoms. The Hall–Kier alpha value is 1.02. The summed E-state index contributed by atoms with van der Waals surface area (Å²) >= 11 is 4.94. The summed E-state index contributed by atoms with van der Waals surface area (Å²) in [6.45, 7) is 2.24. The maximum Gasteiger partial charge on any atom is 0.0145 e. The van der Waals surface area contributed by atoms with Gasteiger partial charge in [-0.15, -0.1) is 12.3 Å². The largest absolute Gasteiger partial charge is 0.120 e. The van der Waals surface area contributed by atoms with Gasteiger partial charge < -0.3 is 0 Å². The van der Waals surface area contributed by atoms with Crippen molar-refractivity contribution in [2.24, 2.45) is 5.92 Å². The summed E-state index contributed by atoms with van der Waals surface area (Å²) in [4.78, 5) is 0. The molecule has 0 aliphatic rings. The zero-order valence-electron chi connectivity index (χ0n) is 6.82. The molecular formula is C9H14I2. The predicted octanol–water partition coefficient (Wildman–Crippen LogP) is 3.66. The van der Waals surface area contributed by atoms with Crippen LogP contribution in [0.25, 0.3) is 0 Å². The fourth-order valence-electron chi connectivity index (χ4n) is 0.870. The van der Waals surface area contributed by atoms with Crippen molar-refractivity contribution in [3.63, 3.8) is 0 Å². The van der Waals surface area contributed by atoms with E-state index in [0.717, 1.165) is 10.3 Å². The predicted molar refractivity (Wildman–Crippen MR) is 68.5 cm³/mol. The summed E-state index contributed by atoms with van der Waals surface area (Å²) in [5.74, 6) is 3.40. The molecule has 0 heterocycles. The van der Waals surface area contributed by atoms with Crippen molar-refractivity contribution >= 4 is 45.2 Å². The minimum atomic E-state index is 0.684. The fourth-order valence-corrected chi connectivity index (χ4v) is 2.01. The number of alkyl halides is 2. The van der Waals surface area contributed by atoms with Crippen LogP contribution in [0, 0.1) is 18.3 Å². The van der Waals surface area contributed by atoms with Crippen molar-refractivity contribution in [3.05, 3.63) is 0 Å². The van der Waals surface area contributed by atoms with Crippen molar-refractivity contribution in [1.29, 1.82) is 0 Å². The van der Waals surface area contributed by atoms with Gasteiger partial charge in [-0.3, -0.25) is 0 Å². The normalized spacial score (nSPS) is 15.5. The smallest absolute Gasteiger partial charge is 0.0145 e. The standard InChI is InChI=1S/C9H14I2/c1-3-5-8(2)9(11)6-4-7-10/h1,8-9H,4-7H2,2H3/t8-,9+/m1/s1. The first kappa shape index (κ1) is 12.0. The van der Waals surface area contributed by atoms with Gasteiger partial charge in [-0.2, -0.15) is 0 Å². The molecule has 0 rings (SSSR count). The average molecular weight is 376 g/mol. The number of hydrogen-bond acceptors (Lipinski definition) is 0. The van der Waals surface area contributed by atoms with Crippen LogP contribution in [0.5, 0.6) is 0 Å². The molecule has 0 aromatic rings. The van der Waals surface area contributed by atoms with Crippen LogP contribution in [-0.4, -0.2) is 8.35 Å². The monoisotopic (exact) mass is 376 g/mol. The van der Waals surface area contributed by atoms with E-state index < -0.39 is 0 Å². The first-order valence-electron chi connectivity index (χ1n) is 3.85. The lowest BCUT2D eigenvalue weighted by molar-refractivity contribution is 0.554. The van der Waals surface area contributed by atoms with E-state index >= 15 is 0 Å². The van der Waals surface area contributed by atoms with Crippen LogP contribution in [-0.2, 0) is 0 Å². The quantitative estimate of drug-likeness (QED) is 0.391. The lowest BCUT2D eigenvalue weighted by atomic mass is 10.0. The van der Waals surface area contributed by atoms with E-state index in [-0.39, 0.29) is 0 Å². The Morgan fingerprint density at radius 2 is 2.18 bits per heavy atom. The van der Waals surface area contributed by atoms with E-state index in [4.69, 9.17) is 6.42 Å². The lowest BCUT2D eigenvalue weighted by Gasteiger charge is -2.14. The summed E-state index contributed by atoms with van der Waals surface area (Å²) in [6, 6.07) is 0. The third-order valence-electron chi connectivity index (χ3n) is 1.67. The highest BCUT2D eigenvalue weighted by molar-refractivity contribution is 14.1. The molecule has 0 aromatic carbocycles.